The summed E-state index contributed by atoms with van der Waals surface area (Å²) in [6, 6.07) is 4.40. The summed E-state index contributed by atoms with van der Waals surface area (Å²) >= 11 is 0. The SMILES string of the molecule is CCC(CNC(=O)OC)C(=O)N1CCC(c2ccc(OC(F)(F)F)cc2C)CC1. The minimum Gasteiger partial charge on any atom is -0.453 e. The van der Waals surface area contributed by atoms with E-state index in [4.69, 9.17) is 0 Å². The Morgan fingerprint density at radius 3 is 2.45 bits per heavy atom. The molecular weight excluding hydrogens is 389 g/mol. The van der Waals surface area contributed by atoms with Crippen molar-refractivity contribution in [2.45, 2.75) is 45.4 Å². The molecule has 0 aromatic heterocycles. The molecule has 0 radical (unpaired) electrons. The molecule has 1 heterocycles. The first-order valence-corrected chi connectivity index (χ1v) is 9.61. The van der Waals surface area contributed by atoms with Crippen LogP contribution in [-0.2, 0) is 9.53 Å². The number of hydrogen-bond acceptors (Lipinski definition) is 4. The molecular formula is C20H27F3N2O4. The molecule has 0 aliphatic carbocycles. The largest absolute Gasteiger partial charge is 0.573 e. The summed E-state index contributed by atoms with van der Waals surface area (Å²) in [7, 11) is 1.27. The Hall–Kier alpha value is -2.45. The van der Waals surface area contributed by atoms with Crippen molar-refractivity contribution >= 4 is 12.0 Å². The number of alkyl halides is 3. The van der Waals surface area contributed by atoms with Crippen LogP contribution in [0.1, 0.15) is 43.2 Å². The Morgan fingerprint density at radius 2 is 1.93 bits per heavy atom. The Balaban J connectivity index is 1.94. The average molecular weight is 416 g/mol. The van der Waals surface area contributed by atoms with Gasteiger partial charge in [0.2, 0.25) is 5.91 Å². The fraction of sp³-hybridized carbons (Fsp3) is 0.600. The quantitative estimate of drug-likeness (QED) is 0.762. The Bertz CT molecular complexity index is 716. The normalized spacial score (nSPS) is 16.3. The highest BCUT2D eigenvalue weighted by Gasteiger charge is 2.32. The molecule has 1 aromatic carbocycles. The zero-order valence-corrected chi connectivity index (χ0v) is 16.8. The molecule has 29 heavy (non-hydrogen) atoms. The van der Waals surface area contributed by atoms with Gasteiger partial charge in [0.1, 0.15) is 5.75 Å². The van der Waals surface area contributed by atoms with E-state index in [0.717, 1.165) is 24.0 Å². The Morgan fingerprint density at radius 1 is 1.28 bits per heavy atom. The van der Waals surface area contributed by atoms with Crippen LogP contribution in [0.4, 0.5) is 18.0 Å². The number of carbonyl (C=O) groups excluding carboxylic acids is 2. The van der Waals surface area contributed by atoms with Gasteiger partial charge in [0.05, 0.1) is 13.0 Å². The summed E-state index contributed by atoms with van der Waals surface area (Å²) in [4.78, 5) is 25.8. The predicted octanol–water partition coefficient (Wildman–Crippen LogP) is 3.98. The average Bonchev–Trinajstić information content (AvgIpc) is 2.67. The molecule has 1 N–H and O–H groups in total. The number of hydrogen-bond donors (Lipinski definition) is 1. The van der Waals surface area contributed by atoms with Crippen molar-refractivity contribution in [1.82, 2.24) is 10.2 Å². The summed E-state index contributed by atoms with van der Waals surface area (Å²) in [6.07, 6.45) is -3.22. The lowest BCUT2D eigenvalue weighted by Gasteiger charge is -2.35. The van der Waals surface area contributed by atoms with E-state index in [1.54, 1.807) is 17.9 Å². The minimum atomic E-state index is -4.71. The van der Waals surface area contributed by atoms with Crippen LogP contribution in [-0.4, -0.2) is 50.0 Å². The predicted molar refractivity (Wildman–Crippen MR) is 101 cm³/mol. The van der Waals surface area contributed by atoms with E-state index in [1.807, 2.05) is 6.92 Å². The second-order valence-electron chi connectivity index (χ2n) is 7.14. The van der Waals surface area contributed by atoms with Gasteiger partial charge in [0, 0.05) is 19.6 Å². The number of benzene rings is 1. The second-order valence-corrected chi connectivity index (χ2v) is 7.14. The molecule has 0 saturated carbocycles. The number of piperidine rings is 1. The lowest BCUT2D eigenvalue weighted by molar-refractivity contribution is -0.274. The van der Waals surface area contributed by atoms with Crippen LogP contribution in [0, 0.1) is 12.8 Å². The number of ether oxygens (including phenoxy) is 2. The smallest absolute Gasteiger partial charge is 0.453 e. The minimum absolute atomic E-state index is 0.00648. The molecule has 0 spiro atoms. The fourth-order valence-corrected chi connectivity index (χ4v) is 3.66. The summed E-state index contributed by atoms with van der Waals surface area (Å²) in [5, 5.41) is 2.57. The van der Waals surface area contributed by atoms with Crippen molar-refractivity contribution in [2.75, 3.05) is 26.7 Å². The Labute approximate surface area is 168 Å². The van der Waals surface area contributed by atoms with Gasteiger partial charge in [-0.15, -0.1) is 13.2 Å². The number of aryl methyl sites for hydroxylation is 1. The van der Waals surface area contributed by atoms with Crippen LogP contribution in [0.15, 0.2) is 18.2 Å². The molecule has 1 unspecified atom stereocenters. The molecule has 162 valence electrons. The van der Waals surface area contributed by atoms with E-state index >= 15 is 0 Å². The second kappa shape index (κ2) is 9.84. The van der Waals surface area contributed by atoms with Crippen molar-refractivity contribution in [2.24, 2.45) is 5.92 Å². The number of nitrogens with one attached hydrogen (secondary N) is 1. The van der Waals surface area contributed by atoms with E-state index < -0.39 is 12.5 Å². The molecule has 6 nitrogen and oxygen atoms in total. The first kappa shape index (κ1) is 22.8. The highest BCUT2D eigenvalue weighted by Crippen LogP contribution is 2.33. The standard InChI is InChI=1S/C20H27F3N2O4/c1-4-14(12-24-19(27)28-3)18(26)25-9-7-15(8-10-25)17-6-5-16(11-13(17)2)29-20(21,22)23/h5-6,11,14-15H,4,7-10,12H2,1-3H3,(H,24,27). The van der Waals surface area contributed by atoms with Gasteiger partial charge in [-0.1, -0.05) is 13.0 Å². The van der Waals surface area contributed by atoms with Gasteiger partial charge in [0.15, 0.2) is 0 Å². The van der Waals surface area contributed by atoms with Crippen molar-refractivity contribution in [3.8, 4) is 5.75 Å². The number of likely N-dealkylation sites (tertiary alicyclic amines) is 1. The van der Waals surface area contributed by atoms with E-state index in [0.29, 0.717) is 19.5 Å². The Kier molecular flexibility index (Phi) is 7.75. The number of carbonyl (C=O) groups is 2. The third-order valence-electron chi connectivity index (χ3n) is 5.24. The van der Waals surface area contributed by atoms with E-state index in [9.17, 15) is 22.8 Å². The maximum absolute atomic E-state index is 12.7. The molecule has 1 aliphatic heterocycles. The summed E-state index contributed by atoms with van der Waals surface area (Å²) in [5.41, 5.74) is 1.72. The molecule has 1 fully saturated rings. The molecule has 1 atom stereocenters. The van der Waals surface area contributed by atoms with Gasteiger partial charge in [-0.05, 0) is 55.4 Å². The van der Waals surface area contributed by atoms with Crippen molar-refractivity contribution in [1.29, 1.82) is 0 Å². The molecule has 1 saturated heterocycles. The number of alkyl carbamates (subject to hydrolysis) is 1. The van der Waals surface area contributed by atoms with Gasteiger partial charge in [-0.3, -0.25) is 4.79 Å². The number of halogens is 3. The number of nitrogens with zero attached hydrogens (tertiary/aromatic N) is 1. The zero-order chi connectivity index (χ0) is 21.6. The third kappa shape index (κ3) is 6.54. The molecule has 1 aliphatic rings. The topological polar surface area (TPSA) is 67.9 Å². The van der Waals surface area contributed by atoms with Crippen LogP contribution in [0.25, 0.3) is 0 Å². The fourth-order valence-electron chi connectivity index (χ4n) is 3.66. The van der Waals surface area contributed by atoms with E-state index in [1.165, 1.54) is 19.2 Å². The van der Waals surface area contributed by atoms with Crippen LogP contribution in [0.5, 0.6) is 5.75 Å². The van der Waals surface area contributed by atoms with Crippen LogP contribution in [0.3, 0.4) is 0 Å². The summed E-state index contributed by atoms with van der Waals surface area (Å²) < 4.78 is 45.6. The lowest BCUT2D eigenvalue weighted by atomic mass is 9.86. The summed E-state index contributed by atoms with van der Waals surface area (Å²) in [5.74, 6) is -0.373. The highest BCUT2D eigenvalue weighted by molar-refractivity contribution is 5.80. The van der Waals surface area contributed by atoms with Crippen LogP contribution >= 0.6 is 0 Å². The van der Waals surface area contributed by atoms with Gasteiger partial charge in [-0.2, -0.15) is 0 Å². The number of rotatable bonds is 6. The zero-order valence-electron chi connectivity index (χ0n) is 16.8. The van der Waals surface area contributed by atoms with Gasteiger partial charge < -0.3 is 19.7 Å². The van der Waals surface area contributed by atoms with Crippen molar-refractivity contribution < 1.29 is 32.2 Å². The molecule has 2 rings (SSSR count). The lowest BCUT2D eigenvalue weighted by Crippen LogP contribution is -2.44. The molecule has 0 bridgehead atoms. The van der Waals surface area contributed by atoms with E-state index in [2.05, 4.69) is 14.8 Å². The monoisotopic (exact) mass is 416 g/mol. The van der Waals surface area contributed by atoms with Gasteiger partial charge in [-0.25, -0.2) is 4.79 Å². The van der Waals surface area contributed by atoms with Gasteiger partial charge >= 0.3 is 12.5 Å². The molecule has 1 aromatic rings. The highest BCUT2D eigenvalue weighted by atomic mass is 19.4. The summed E-state index contributed by atoms with van der Waals surface area (Å²) in [6.45, 7) is 5.02. The number of amides is 2. The maximum atomic E-state index is 12.7. The maximum Gasteiger partial charge on any atom is 0.573 e. The van der Waals surface area contributed by atoms with Gasteiger partial charge in [0.25, 0.3) is 0 Å². The van der Waals surface area contributed by atoms with E-state index in [-0.39, 0.29) is 30.0 Å². The number of methoxy groups -OCH3 is 1. The van der Waals surface area contributed by atoms with Crippen molar-refractivity contribution in [3.63, 3.8) is 0 Å². The molecule has 9 heteroatoms. The first-order chi connectivity index (χ1) is 13.6. The first-order valence-electron chi connectivity index (χ1n) is 9.61. The van der Waals surface area contributed by atoms with Crippen molar-refractivity contribution in [3.05, 3.63) is 29.3 Å². The third-order valence-corrected chi connectivity index (χ3v) is 5.24. The van der Waals surface area contributed by atoms with Crippen LogP contribution in [0.2, 0.25) is 0 Å². The van der Waals surface area contributed by atoms with Crippen LogP contribution < -0.4 is 10.1 Å². The molecule has 2 amide bonds.